The molecule has 0 amide bonds. The van der Waals surface area contributed by atoms with Crippen LogP contribution in [0.5, 0.6) is 0 Å². The molecule has 0 bridgehead atoms. The summed E-state index contributed by atoms with van der Waals surface area (Å²) in [7, 11) is 0. The predicted octanol–water partition coefficient (Wildman–Crippen LogP) is 13.9. The average Bonchev–Trinajstić information content (AvgIpc) is 2.99. The minimum Gasteiger partial charge on any atom is -0.0999 e. The van der Waals surface area contributed by atoms with Gasteiger partial charge in [0, 0.05) is 0 Å². The molecule has 2 aromatic carbocycles. The molecule has 0 heteroatoms. The zero-order valence-corrected chi connectivity index (χ0v) is 29.0. The Labute approximate surface area is 247 Å². The maximum atomic E-state index is 4.30. The molecule has 2 aromatic rings. The molecule has 0 nitrogen and oxygen atoms in total. The third-order valence-electron chi connectivity index (χ3n) is 5.86. The maximum Gasteiger partial charge on any atom is -0.0152 e. The lowest BCUT2D eigenvalue weighted by Gasteiger charge is -2.14. The number of aryl methyl sites for hydroxylation is 2. The molecule has 0 N–H and O–H groups in total. The fraction of sp³-hybridized carbons (Fsp3) is 0.538. The third kappa shape index (κ3) is 20.3. The highest BCUT2D eigenvalue weighted by atomic mass is 14.1. The number of benzene rings is 2. The molecule has 0 aliphatic carbocycles. The Kier molecular flexibility index (Phi) is 33.8. The lowest BCUT2D eigenvalue weighted by atomic mass is 9.91. The van der Waals surface area contributed by atoms with E-state index in [1.807, 2.05) is 62.3 Å². The number of rotatable bonds is 10. The van der Waals surface area contributed by atoms with Crippen molar-refractivity contribution < 1.29 is 0 Å². The van der Waals surface area contributed by atoms with E-state index in [1.54, 1.807) is 0 Å². The normalized spacial score (nSPS) is 9.59. The van der Waals surface area contributed by atoms with Crippen molar-refractivity contribution in [1.82, 2.24) is 0 Å². The highest BCUT2D eigenvalue weighted by Gasteiger charge is 2.08. The summed E-state index contributed by atoms with van der Waals surface area (Å²) in [6.45, 7) is 41.5. The molecule has 0 fully saturated rings. The van der Waals surface area contributed by atoms with Gasteiger partial charge in [-0.2, -0.15) is 0 Å². The molecule has 0 saturated heterocycles. The molecule has 0 aromatic heterocycles. The fourth-order valence-corrected chi connectivity index (χ4v) is 3.73. The fourth-order valence-electron chi connectivity index (χ4n) is 3.73. The summed E-state index contributed by atoms with van der Waals surface area (Å²) in [5, 5.41) is 0. The molecule has 0 saturated carbocycles. The second-order valence-corrected chi connectivity index (χ2v) is 8.91. The van der Waals surface area contributed by atoms with Crippen LogP contribution in [0, 0.1) is 12.8 Å². The Morgan fingerprint density at radius 1 is 0.769 bits per heavy atom. The molecule has 0 aliphatic rings. The molecule has 0 aliphatic heterocycles. The highest BCUT2D eigenvalue weighted by Crippen LogP contribution is 2.28. The van der Waals surface area contributed by atoms with Gasteiger partial charge in [0.25, 0.3) is 0 Å². The lowest BCUT2D eigenvalue weighted by Crippen LogP contribution is -1.95. The summed E-state index contributed by atoms with van der Waals surface area (Å²) in [5.74, 6) is 0.849. The van der Waals surface area contributed by atoms with Gasteiger partial charge in [0.05, 0.1) is 0 Å². The van der Waals surface area contributed by atoms with E-state index in [0.717, 1.165) is 29.9 Å². The van der Waals surface area contributed by atoms with Crippen molar-refractivity contribution >= 4 is 11.1 Å². The molecule has 1 unspecified atom stereocenters. The van der Waals surface area contributed by atoms with Gasteiger partial charge in [-0.05, 0) is 66.9 Å². The Bertz CT molecular complexity index is 865. The van der Waals surface area contributed by atoms with Crippen LogP contribution in [0.4, 0.5) is 0 Å². The Balaban J connectivity index is -0.000000275. The van der Waals surface area contributed by atoms with Crippen molar-refractivity contribution in [3.05, 3.63) is 95.6 Å². The summed E-state index contributed by atoms with van der Waals surface area (Å²) in [5.41, 5.74) is 9.85. The van der Waals surface area contributed by atoms with Gasteiger partial charge in [-0.3, -0.25) is 0 Å². The molecular weight excluding hydrogens is 468 g/mol. The van der Waals surface area contributed by atoms with Gasteiger partial charge in [0.15, 0.2) is 0 Å². The molecule has 2 rings (SSSR count). The number of unbranched alkanes of at least 4 members (excludes halogenated alkanes) is 1. The third-order valence-corrected chi connectivity index (χ3v) is 5.86. The zero-order valence-electron chi connectivity index (χ0n) is 29.0. The van der Waals surface area contributed by atoms with E-state index in [2.05, 4.69) is 96.8 Å². The van der Waals surface area contributed by atoms with E-state index in [1.165, 1.54) is 59.1 Å². The van der Waals surface area contributed by atoms with Crippen molar-refractivity contribution in [3.8, 4) is 0 Å². The molecule has 1 atom stereocenters. The van der Waals surface area contributed by atoms with E-state index < -0.39 is 0 Å². The minimum atomic E-state index is 0.849. The van der Waals surface area contributed by atoms with Gasteiger partial charge < -0.3 is 0 Å². The first-order chi connectivity index (χ1) is 18.7. The number of hydrogen-bond acceptors (Lipinski definition) is 0. The molecule has 0 spiro atoms. The van der Waals surface area contributed by atoms with Crippen molar-refractivity contribution in [2.24, 2.45) is 5.92 Å². The Morgan fingerprint density at radius 2 is 1.33 bits per heavy atom. The number of allylic oxidation sites excluding steroid dienone is 2. The first-order valence-electron chi connectivity index (χ1n) is 15.9. The minimum absolute atomic E-state index is 0.849. The summed E-state index contributed by atoms with van der Waals surface area (Å²) < 4.78 is 0. The van der Waals surface area contributed by atoms with Gasteiger partial charge in [-0.1, -0.05) is 181 Å². The predicted molar refractivity (Wildman–Crippen MR) is 188 cm³/mol. The van der Waals surface area contributed by atoms with Crippen LogP contribution in [-0.2, 0) is 6.42 Å². The Morgan fingerprint density at radius 3 is 1.77 bits per heavy atom. The van der Waals surface area contributed by atoms with Crippen LogP contribution in [0.15, 0.2) is 67.8 Å². The van der Waals surface area contributed by atoms with E-state index >= 15 is 0 Å². The van der Waals surface area contributed by atoms with Crippen LogP contribution in [0.1, 0.15) is 150 Å². The second kappa shape index (κ2) is 30.2. The number of hydrogen-bond donors (Lipinski definition) is 0. The Hall–Kier alpha value is -2.34. The molecular formula is C39H68. The molecule has 0 heterocycles. The van der Waals surface area contributed by atoms with Crippen molar-refractivity contribution in [3.63, 3.8) is 0 Å². The first-order valence-corrected chi connectivity index (χ1v) is 15.9. The second-order valence-electron chi connectivity index (χ2n) is 8.91. The van der Waals surface area contributed by atoms with Crippen LogP contribution in [0.2, 0.25) is 0 Å². The van der Waals surface area contributed by atoms with Crippen LogP contribution >= 0.6 is 0 Å². The van der Waals surface area contributed by atoms with Gasteiger partial charge in [0.1, 0.15) is 0 Å². The quantitative estimate of drug-likeness (QED) is 0.265. The molecule has 0 radical (unpaired) electrons. The van der Waals surface area contributed by atoms with Crippen LogP contribution in [0.3, 0.4) is 0 Å². The highest BCUT2D eigenvalue weighted by molar-refractivity contribution is 5.81. The average molecular weight is 537 g/mol. The van der Waals surface area contributed by atoms with E-state index in [-0.39, 0.29) is 0 Å². The summed E-state index contributed by atoms with van der Waals surface area (Å²) in [4.78, 5) is 0. The van der Waals surface area contributed by atoms with E-state index in [0.29, 0.717) is 0 Å². The SMILES string of the molecule is C=C(C)c1ccc(C(=C)c2cccc(C)c2)c(CC)c1.C=C(CC)CC(C)CCCC.CC.CC.CC.CC. The summed E-state index contributed by atoms with van der Waals surface area (Å²) in [6.07, 6.45) is 7.45. The monoisotopic (exact) mass is 537 g/mol. The summed E-state index contributed by atoms with van der Waals surface area (Å²) >= 11 is 0. The van der Waals surface area contributed by atoms with Crippen molar-refractivity contribution in [1.29, 1.82) is 0 Å². The van der Waals surface area contributed by atoms with Crippen LogP contribution < -0.4 is 0 Å². The lowest BCUT2D eigenvalue weighted by molar-refractivity contribution is 0.498. The zero-order chi connectivity index (χ0) is 31.4. The van der Waals surface area contributed by atoms with E-state index in [9.17, 15) is 0 Å². The van der Waals surface area contributed by atoms with Crippen LogP contribution in [0.25, 0.3) is 11.1 Å². The summed E-state index contributed by atoms with van der Waals surface area (Å²) in [6, 6.07) is 15.1. The van der Waals surface area contributed by atoms with Gasteiger partial charge >= 0.3 is 0 Å². The first kappa shape index (κ1) is 43.7. The van der Waals surface area contributed by atoms with Gasteiger partial charge in [0.2, 0.25) is 0 Å². The maximum absolute atomic E-state index is 4.30. The van der Waals surface area contributed by atoms with Crippen molar-refractivity contribution in [2.45, 2.75) is 135 Å². The van der Waals surface area contributed by atoms with Gasteiger partial charge in [-0.25, -0.2) is 0 Å². The van der Waals surface area contributed by atoms with Crippen LogP contribution in [-0.4, -0.2) is 0 Å². The molecule has 39 heavy (non-hydrogen) atoms. The van der Waals surface area contributed by atoms with Crippen molar-refractivity contribution in [2.75, 3.05) is 0 Å². The smallest absolute Gasteiger partial charge is 0.0152 e. The van der Waals surface area contributed by atoms with Gasteiger partial charge in [-0.15, -0.1) is 0 Å². The standard InChI is InChI=1S/C20H22.C11H22.4C2H6/c1-6-17-13-18(14(2)3)10-11-20(17)16(5)19-9-7-8-15(4)12-19;1-5-7-8-11(4)9-10(3)6-2;4*1-2/h7-13H,2,5-6H2,1,3-4H3;11H,3,5-9H2,1-2,4H3;4*1-2H3. The van der Waals surface area contributed by atoms with E-state index in [4.69, 9.17) is 0 Å². The largest absolute Gasteiger partial charge is 0.0999 e. The molecule has 224 valence electrons. The topological polar surface area (TPSA) is 0 Å².